The van der Waals surface area contributed by atoms with Crippen molar-refractivity contribution < 1.29 is 14.7 Å². The third-order valence-corrected chi connectivity index (χ3v) is 1.61. The molecule has 5 nitrogen and oxygen atoms in total. The number of aliphatic carboxylic acids is 1. The van der Waals surface area contributed by atoms with Crippen molar-refractivity contribution in [2.24, 2.45) is 5.73 Å². The average Bonchev–Trinajstić information content (AvgIpc) is 2.36. The van der Waals surface area contributed by atoms with Gasteiger partial charge >= 0.3 is 0 Å². The van der Waals surface area contributed by atoms with Gasteiger partial charge in [-0.05, 0) is 19.4 Å². The maximum Gasteiger partial charge on any atom is 0.300 e. The summed E-state index contributed by atoms with van der Waals surface area (Å²) in [5, 5.41) is 10.6. The number of carbonyl (C=O) groups excluding carboxylic acids is 1. The number of hydrogen-bond donors (Lipinski definition) is 3. The fourth-order valence-electron chi connectivity index (χ4n) is 1.17. The maximum absolute atomic E-state index is 10.3. The molecule has 1 fully saturated rings. The van der Waals surface area contributed by atoms with Crippen LogP contribution in [0.2, 0.25) is 0 Å². The Bertz CT molecular complexity index is 172. The topological polar surface area (TPSA) is 92.4 Å². The van der Waals surface area contributed by atoms with Crippen molar-refractivity contribution in [3.05, 3.63) is 0 Å². The van der Waals surface area contributed by atoms with Gasteiger partial charge in [0, 0.05) is 19.4 Å². The van der Waals surface area contributed by atoms with E-state index in [2.05, 4.69) is 5.32 Å². The second-order valence-corrected chi connectivity index (χ2v) is 2.98. The van der Waals surface area contributed by atoms with E-state index >= 15 is 0 Å². The van der Waals surface area contributed by atoms with Crippen LogP contribution in [-0.4, -0.2) is 29.6 Å². The molecule has 1 heterocycles. The van der Waals surface area contributed by atoms with Crippen molar-refractivity contribution in [2.45, 2.75) is 32.2 Å². The van der Waals surface area contributed by atoms with E-state index in [0.29, 0.717) is 12.5 Å². The lowest BCUT2D eigenvalue weighted by atomic mass is 10.1. The Morgan fingerprint density at radius 1 is 1.62 bits per heavy atom. The Hall–Kier alpha value is -1.10. The first kappa shape index (κ1) is 11.9. The van der Waals surface area contributed by atoms with Gasteiger partial charge in [-0.25, -0.2) is 0 Å². The quantitative estimate of drug-likeness (QED) is 0.555. The lowest BCUT2D eigenvalue weighted by Crippen LogP contribution is -2.27. The number of nitrogens with one attached hydrogen (secondary N) is 1. The lowest BCUT2D eigenvalue weighted by Gasteiger charge is -2.04. The monoisotopic (exact) mass is 188 g/mol. The fraction of sp³-hybridized carbons (Fsp3) is 0.750. The SMILES string of the molecule is CC(=O)O.NC(=O)CC1CCCN1. The van der Waals surface area contributed by atoms with Gasteiger partial charge in [-0.3, -0.25) is 9.59 Å². The number of primary amides is 1. The molecule has 0 bridgehead atoms. The van der Waals surface area contributed by atoms with Gasteiger partial charge in [0.15, 0.2) is 0 Å². The summed E-state index contributed by atoms with van der Waals surface area (Å²) in [5.41, 5.74) is 4.99. The van der Waals surface area contributed by atoms with E-state index in [1.807, 2.05) is 0 Å². The highest BCUT2D eigenvalue weighted by Gasteiger charge is 2.15. The van der Waals surface area contributed by atoms with E-state index in [0.717, 1.165) is 19.9 Å². The molecule has 1 aliphatic rings. The molecular formula is C8H16N2O3. The van der Waals surface area contributed by atoms with Crippen LogP contribution in [0.5, 0.6) is 0 Å². The van der Waals surface area contributed by atoms with Crippen LogP contribution >= 0.6 is 0 Å². The Kier molecular flexibility index (Phi) is 5.88. The zero-order valence-electron chi connectivity index (χ0n) is 7.75. The molecule has 1 saturated heterocycles. The first-order valence-electron chi connectivity index (χ1n) is 4.23. The molecule has 1 unspecified atom stereocenters. The first-order valence-corrected chi connectivity index (χ1v) is 4.23. The predicted octanol–water partition coefficient (Wildman–Crippen LogP) is -0.295. The molecule has 76 valence electrons. The maximum atomic E-state index is 10.3. The first-order chi connectivity index (χ1) is 6.02. The summed E-state index contributed by atoms with van der Waals surface area (Å²) >= 11 is 0. The van der Waals surface area contributed by atoms with Crippen LogP contribution in [0.4, 0.5) is 0 Å². The summed E-state index contributed by atoms with van der Waals surface area (Å²) in [7, 11) is 0. The van der Waals surface area contributed by atoms with Gasteiger partial charge in [-0.15, -0.1) is 0 Å². The second kappa shape index (κ2) is 6.42. The molecule has 0 spiro atoms. The molecular weight excluding hydrogens is 172 g/mol. The smallest absolute Gasteiger partial charge is 0.300 e. The molecule has 13 heavy (non-hydrogen) atoms. The van der Waals surface area contributed by atoms with Crippen LogP contribution in [-0.2, 0) is 9.59 Å². The van der Waals surface area contributed by atoms with Crippen LogP contribution in [0.3, 0.4) is 0 Å². The molecule has 0 radical (unpaired) electrons. The van der Waals surface area contributed by atoms with Gasteiger partial charge in [-0.2, -0.15) is 0 Å². The van der Waals surface area contributed by atoms with Crippen LogP contribution in [0.1, 0.15) is 26.2 Å². The minimum absolute atomic E-state index is 0.200. The molecule has 0 aromatic heterocycles. The Balaban J connectivity index is 0.000000310. The number of nitrogens with two attached hydrogens (primary N) is 1. The zero-order valence-corrected chi connectivity index (χ0v) is 7.75. The lowest BCUT2D eigenvalue weighted by molar-refractivity contribution is -0.134. The summed E-state index contributed by atoms with van der Waals surface area (Å²) in [4.78, 5) is 19.3. The highest BCUT2D eigenvalue weighted by Crippen LogP contribution is 2.07. The minimum Gasteiger partial charge on any atom is -0.481 e. The minimum atomic E-state index is -0.833. The molecule has 0 saturated carbocycles. The Morgan fingerprint density at radius 3 is 2.46 bits per heavy atom. The highest BCUT2D eigenvalue weighted by molar-refractivity contribution is 5.74. The molecule has 0 aromatic carbocycles. The second-order valence-electron chi connectivity index (χ2n) is 2.98. The van der Waals surface area contributed by atoms with Crippen LogP contribution in [0.15, 0.2) is 0 Å². The fourth-order valence-corrected chi connectivity index (χ4v) is 1.17. The molecule has 4 N–H and O–H groups in total. The Morgan fingerprint density at radius 2 is 2.15 bits per heavy atom. The van der Waals surface area contributed by atoms with Gasteiger partial charge in [0.05, 0.1) is 0 Å². The number of carboxylic acids is 1. The van der Waals surface area contributed by atoms with Crippen molar-refractivity contribution in [3.63, 3.8) is 0 Å². The normalized spacial score (nSPS) is 20.2. The third-order valence-electron chi connectivity index (χ3n) is 1.61. The van der Waals surface area contributed by atoms with Gasteiger partial charge in [0.2, 0.25) is 5.91 Å². The van der Waals surface area contributed by atoms with E-state index in [9.17, 15) is 4.79 Å². The van der Waals surface area contributed by atoms with Gasteiger partial charge in [-0.1, -0.05) is 0 Å². The van der Waals surface area contributed by atoms with Crippen molar-refractivity contribution in [1.82, 2.24) is 5.32 Å². The van der Waals surface area contributed by atoms with E-state index in [4.69, 9.17) is 15.6 Å². The molecule has 1 rings (SSSR count). The molecule has 1 atom stereocenters. The summed E-state index contributed by atoms with van der Waals surface area (Å²) in [6.07, 6.45) is 2.78. The average molecular weight is 188 g/mol. The van der Waals surface area contributed by atoms with Crippen LogP contribution in [0.25, 0.3) is 0 Å². The molecule has 5 heteroatoms. The third kappa shape index (κ3) is 8.81. The molecule has 1 aliphatic heterocycles. The standard InChI is InChI=1S/C6H12N2O.C2H4O2/c7-6(9)4-5-2-1-3-8-5;1-2(3)4/h5,8H,1-4H2,(H2,7,9);1H3,(H,3,4). The highest BCUT2D eigenvalue weighted by atomic mass is 16.4. The van der Waals surface area contributed by atoms with Crippen LogP contribution < -0.4 is 11.1 Å². The number of amides is 1. The largest absolute Gasteiger partial charge is 0.481 e. The summed E-state index contributed by atoms with van der Waals surface area (Å²) in [6.45, 7) is 2.12. The summed E-state index contributed by atoms with van der Waals surface area (Å²) < 4.78 is 0. The summed E-state index contributed by atoms with van der Waals surface area (Å²) in [6, 6.07) is 0.363. The van der Waals surface area contributed by atoms with E-state index < -0.39 is 5.97 Å². The van der Waals surface area contributed by atoms with E-state index in [1.54, 1.807) is 0 Å². The Labute approximate surface area is 77.3 Å². The van der Waals surface area contributed by atoms with Gasteiger partial charge in [0.1, 0.15) is 0 Å². The zero-order chi connectivity index (χ0) is 10.3. The van der Waals surface area contributed by atoms with Crippen molar-refractivity contribution in [2.75, 3.05) is 6.54 Å². The predicted molar refractivity (Wildman–Crippen MR) is 48.1 cm³/mol. The van der Waals surface area contributed by atoms with E-state index in [-0.39, 0.29) is 5.91 Å². The van der Waals surface area contributed by atoms with Gasteiger partial charge in [0.25, 0.3) is 5.97 Å². The van der Waals surface area contributed by atoms with Crippen LogP contribution in [0, 0.1) is 0 Å². The number of carbonyl (C=O) groups is 2. The number of hydrogen-bond acceptors (Lipinski definition) is 3. The summed E-state index contributed by atoms with van der Waals surface area (Å²) in [5.74, 6) is -1.03. The van der Waals surface area contributed by atoms with Crippen molar-refractivity contribution >= 4 is 11.9 Å². The van der Waals surface area contributed by atoms with Crippen molar-refractivity contribution in [3.8, 4) is 0 Å². The molecule has 0 aromatic rings. The van der Waals surface area contributed by atoms with Gasteiger partial charge < -0.3 is 16.2 Å². The number of carboxylic acid groups (broad SMARTS) is 1. The van der Waals surface area contributed by atoms with Crippen molar-refractivity contribution in [1.29, 1.82) is 0 Å². The van der Waals surface area contributed by atoms with E-state index in [1.165, 1.54) is 6.42 Å². The number of rotatable bonds is 2. The molecule has 0 aliphatic carbocycles. The molecule has 1 amide bonds.